The molecule has 0 saturated carbocycles. The number of nitrogens with one attached hydrogen (secondary N) is 1. The number of aromatic nitrogens is 2. The van der Waals surface area contributed by atoms with Gasteiger partial charge in [0.05, 0.1) is 22.6 Å². The zero-order chi connectivity index (χ0) is 18.0. The fourth-order valence-electron chi connectivity index (χ4n) is 2.45. The highest BCUT2D eigenvalue weighted by Crippen LogP contribution is 2.21. The lowest BCUT2D eigenvalue weighted by atomic mass is 10.3. The first-order chi connectivity index (χ1) is 11.9. The third kappa shape index (κ3) is 3.92. The Balaban J connectivity index is 1.74. The number of carbonyl (C=O) groups is 1. The van der Waals surface area contributed by atoms with Gasteiger partial charge in [0, 0.05) is 32.0 Å². The number of hydrogen-bond donors (Lipinski definition) is 1. The van der Waals surface area contributed by atoms with Crippen LogP contribution >= 0.6 is 15.9 Å². The molecule has 0 aliphatic carbocycles. The predicted octanol–water partition coefficient (Wildman–Crippen LogP) is 1.46. The lowest BCUT2D eigenvalue weighted by molar-refractivity contribution is 0.0730. The number of halogens is 1. The van der Waals surface area contributed by atoms with E-state index in [1.165, 1.54) is 21.1 Å². The minimum atomic E-state index is -3.55. The van der Waals surface area contributed by atoms with Crippen molar-refractivity contribution in [3.05, 3.63) is 40.6 Å². The van der Waals surface area contributed by atoms with Gasteiger partial charge in [-0.05, 0) is 40.2 Å². The molecular weight excluding hydrogens is 412 g/mol. The zero-order valence-electron chi connectivity index (χ0n) is 13.5. The molecule has 1 aliphatic heterocycles. The van der Waals surface area contributed by atoms with Gasteiger partial charge in [-0.3, -0.25) is 9.48 Å². The molecule has 1 aromatic carbocycles. The summed E-state index contributed by atoms with van der Waals surface area (Å²) in [5.41, 5.74) is 0.746. The summed E-state index contributed by atoms with van der Waals surface area (Å²) in [7, 11) is -1.83. The van der Waals surface area contributed by atoms with Crippen LogP contribution in [0, 0.1) is 0 Å². The van der Waals surface area contributed by atoms with Gasteiger partial charge in [-0.2, -0.15) is 9.40 Å². The Morgan fingerprint density at radius 3 is 2.44 bits per heavy atom. The van der Waals surface area contributed by atoms with Crippen LogP contribution in [0.25, 0.3) is 0 Å². The van der Waals surface area contributed by atoms with Crippen molar-refractivity contribution in [1.29, 1.82) is 0 Å². The van der Waals surface area contributed by atoms with Crippen molar-refractivity contribution in [3.8, 4) is 0 Å². The maximum absolute atomic E-state index is 12.6. The number of hydrogen-bond acceptors (Lipinski definition) is 5. The maximum atomic E-state index is 12.6. The molecule has 25 heavy (non-hydrogen) atoms. The van der Waals surface area contributed by atoms with Crippen LogP contribution in [0.3, 0.4) is 0 Å². The van der Waals surface area contributed by atoms with Crippen molar-refractivity contribution < 1.29 is 17.9 Å². The Kier molecular flexibility index (Phi) is 5.23. The summed E-state index contributed by atoms with van der Waals surface area (Å²) >= 11 is 3.27. The standard InChI is InChI=1S/C15H17BrN4O4S/c1-19-10-13(16)14(18-19)15(21)17-11-2-4-12(5-3-11)25(22,23)20-6-8-24-9-7-20/h2-5,10H,6-9H2,1H3,(H,17,21). The maximum Gasteiger partial charge on any atom is 0.277 e. The third-order valence-corrected chi connectivity index (χ3v) is 6.21. The third-order valence-electron chi connectivity index (χ3n) is 3.72. The van der Waals surface area contributed by atoms with Crippen LogP contribution in [0.2, 0.25) is 0 Å². The fourth-order valence-corrected chi connectivity index (χ4v) is 4.41. The van der Waals surface area contributed by atoms with Crippen molar-refractivity contribution in [1.82, 2.24) is 14.1 Å². The van der Waals surface area contributed by atoms with Crippen LogP contribution in [-0.2, 0) is 21.8 Å². The fraction of sp³-hybridized carbons (Fsp3) is 0.333. The smallest absolute Gasteiger partial charge is 0.277 e. The average molecular weight is 429 g/mol. The second-order valence-electron chi connectivity index (χ2n) is 5.49. The van der Waals surface area contributed by atoms with Crippen molar-refractivity contribution in [2.24, 2.45) is 7.05 Å². The first-order valence-corrected chi connectivity index (χ1v) is 9.80. The van der Waals surface area contributed by atoms with Gasteiger partial charge in [0.1, 0.15) is 0 Å². The second kappa shape index (κ2) is 7.24. The van der Waals surface area contributed by atoms with E-state index < -0.39 is 10.0 Å². The van der Waals surface area contributed by atoms with Crippen LogP contribution in [0.4, 0.5) is 5.69 Å². The van der Waals surface area contributed by atoms with Crippen LogP contribution in [0.1, 0.15) is 10.5 Å². The number of anilines is 1. The van der Waals surface area contributed by atoms with E-state index in [9.17, 15) is 13.2 Å². The first kappa shape index (κ1) is 18.1. The molecule has 0 atom stereocenters. The van der Waals surface area contributed by atoms with E-state index in [0.717, 1.165) is 0 Å². The monoisotopic (exact) mass is 428 g/mol. The minimum Gasteiger partial charge on any atom is -0.379 e. The summed E-state index contributed by atoms with van der Waals surface area (Å²) in [6.45, 7) is 1.47. The van der Waals surface area contributed by atoms with Gasteiger partial charge in [0.2, 0.25) is 10.0 Å². The SMILES string of the molecule is Cn1cc(Br)c(C(=O)Nc2ccc(S(=O)(=O)N3CCOCC3)cc2)n1. The van der Waals surface area contributed by atoms with E-state index in [4.69, 9.17) is 4.74 Å². The molecule has 2 aromatic rings. The molecule has 0 unspecified atom stereocenters. The van der Waals surface area contributed by atoms with Crippen molar-refractivity contribution >= 4 is 37.5 Å². The van der Waals surface area contributed by atoms with Crippen molar-refractivity contribution in [2.75, 3.05) is 31.6 Å². The quantitative estimate of drug-likeness (QED) is 0.795. The topological polar surface area (TPSA) is 93.5 Å². The van der Waals surface area contributed by atoms with Gasteiger partial charge in [-0.15, -0.1) is 0 Å². The van der Waals surface area contributed by atoms with Gasteiger partial charge in [0.25, 0.3) is 5.91 Å². The van der Waals surface area contributed by atoms with E-state index in [-0.39, 0.29) is 16.5 Å². The number of nitrogens with zero attached hydrogens (tertiary/aromatic N) is 3. The van der Waals surface area contributed by atoms with E-state index in [1.807, 2.05) is 0 Å². The Labute approximate surface area is 153 Å². The van der Waals surface area contributed by atoms with Gasteiger partial charge in [0.15, 0.2) is 5.69 Å². The molecule has 134 valence electrons. The van der Waals surface area contributed by atoms with Crippen LogP contribution in [0.5, 0.6) is 0 Å². The van der Waals surface area contributed by atoms with Gasteiger partial charge in [-0.25, -0.2) is 8.42 Å². The number of ether oxygens (including phenoxy) is 1. The number of carbonyl (C=O) groups excluding carboxylic acids is 1. The zero-order valence-corrected chi connectivity index (χ0v) is 15.9. The van der Waals surface area contributed by atoms with E-state index >= 15 is 0 Å². The van der Waals surface area contributed by atoms with Crippen LogP contribution in [0.15, 0.2) is 39.8 Å². The Bertz CT molecular complexity index is 873. The largest absolute Gasteiger partial charge is 0.379 e. The molecule has 1 amide bonds. The molecule has 1 aromatic heterocycles. The normalized spacial score (nSPS) is 15.9. The average Bonchev–Trinajstić information content (AvgIpc) is 2.94. The molecule has 0 radical (unpaired) electrons. The van der Waals surface area contributed by atoms with E-state index in [2.05, 4.69) is 26.3 Å². The van der Waals surface area contributed by atoms with E-state index in [1.54, 1.807) is 25.4 Å². The summed E-state index contributed by atoms with van der Waals surface area (Å²) in [4.78, 5) is 12.4. The minimum absolute atomic E-state index is 0.186. The highest BCUT2D eigenvalue weighted by molar-refractivity contribution is 9.10. The van der Waals surface area contributed by atoms with Gasteiger partial charge >= 0.3 is 0 Å². The Morgan fingerprint density at radius 2 is 1.88 bits per heavy atom. The summed E-state index contributed by atoms with van der Waals surface area (Å²) < 4.78 is 33.8. The Morgan fingerprint density at radius 1 is 1.24 bits per heavy atom. The number of sulfonamides is 1. The molecule has 1 aliphatic rings. The molecule has 2 heterocycles. The first-order valence-electron chi connectivity index (χ1n) is 7.56. The van der Waals surface area contributed by atoms with Crippen molar-refractivity contribution in [3.63, 3.8) is 0 Å². The number of benzene rings is 1. The lowest BCUT2D eigenvalue weighted by Crippen LogP contribution is -2.40. The number of morpholine rings is 1. The molecule has 1 saturated heterocycles. The summed E-state index contributed by atoms with van der Waals surface area (Å²) in [6.07, 6.45) is 1.67. The Hall–Kier alpha value is -1.75. The molecule has 1 fully saturated rings. The van der Waals surface area contributed by atoms with Crippen molar-refractivity contribution in [2.45, 2.75) is 4.90 Å². The molecule has 0 bridgehead atoms. The summed E-state index contributed by atoms with van der Waals surface area (Å²) in [6, 6.07) is 6.08. The molecule has 3 rings (SSSR count). The number of rotatable bonds is 4. The van der Waals surface area contributed by atoms with Crippen LogP contribution < -0.4 is 5.32 Å². The molecule has 0 spiro atoms. The molecule has 10 heteroatoms. The highest BCUT2D eigenvalue weighted by Gasteiger charge is 2.26. The second-order valence-corrected chi connectivity index (χ2v) is 8.29. The van der Waals surface area contributed by atoms with Gasteiger partial charge < -0.3 is 10.1 Å². The van der Waals surface area contributed by atoms with Crippen LogP contribution in [-0.4, -0.2) is 54.7 Å². The van der Waals surface area contributed by atoms with E-state index in [0.29, 0.717) is 36.5 Å². The molecular formula is C15H17BrN4O4S. The number of amides is 1. The molecule has 1 N–H and O–H groups in total. The summed E-state index contributed by atoms with van der Waals surface area (Å²) in [5.74, 6) is -0.378. The summed E-state index contributed by atoms with van der Waals surface area (Å²) in [5, 5.41) is 6.77. The lowest BCUT2D eigenvalue weighted by Gasteiger charge is -2.26. The molecule has 8 nitrogen and oxygen atoms in total. The highest BCUT2D eigenvalue weighted by atomic mass is 79.9. The van der Waals surface area contributed by atoms with Gasteiger partial charge in [-0.1, -0.05) is 0 Å². The number of aryl methyl sites for hydroxylation is 1. The predicted molar refractivity (Wildman–Crippen MR) is 94.9 cm³/mol.